The van der Waals surface area contributed by atoms with Gasteiger partial charge in [-0.25, -0.2) is 4.39 Å². The lowest BCUT2D eigenvalue weighted by molar-refractivity contribution is -0.118. The highest BCUT2D eigenvalue weighted by Gasteiger charge is 2.11. The van der Waals surface area contributed by atoms with Crippen LogP contribution in [0.5, 0.6) is 0 Å². The minimum atomic E-state index is -0.633. The van der Waals surface area contributed by atoms with Crippen molar-refractivity contribution in [1.82, 2.24) is 5.32 Å². The van der Waals surface area contributed by atoms with Crippen molar-refractivity contribution in [3.05, 3.63) is 78.1 Å². The Balaban J connectivity index is 1.47. The number of aliphatic hydroxyl groups excluding tert-OH is 1. The fourth-order valence-corrected chi connectivity index (χ4v) is 3.50. The number of amides is 1. The molecule has 1 unspecified atom stereocenters. The fourth-order valence-electron chi connectivity index (χ4n) is 2.78. The summed E-state index contributed by atoms with van der Waals surface area (Å²) in [5.74, 6) is -0.138. The van der Waals surface area contributed by atoms with E-state index in [1.165, 1.54) is 23.9 Å². The van der Waals surface area contributed by atoms with E-state index in [2.05, 4.69) is 5.32 Å². The Morgan fingerprint density at radius 2 is 1.77 bits per heavy atom. The SMILES string of the molecule is O=C(CSc1ccc(F)cc1)NCCC(O)c1cccc2ccccc12. The second-order valence-electron chi connectivity index (χ2n) is 5.97. The number of benzene rings is 3. The van der Waals surface area contributed by atoms with Crippen LogP contribution < -0.4 is 5.32 Å². The molecule has 0 aliphatic carbocycles. The summed E-state index contributed by atoms with van der Waals surface area (Å²) in [7, 11) is 0. The average molecular weight is 369 g/mol. The zero-order valence-electron chi connectivity index (χ0n) is 14.2. The van der Waals surface area contributed by atoms with Crippen LogP contribution >= 0.6 is 11.8 Å². The summed E-state index contributed by atoms with van der Waals surface area (Å²) in [6, 6.07) is 19.8. The molecule has 0 aliphatic heterocycles. The van der Waals surface area contributed by atoms with Gasteiger partial charge in [-0.05, 0) is 47.0 Å². The number of nitrogens with one attached hydrogen (secondary N) is 1. The molecule has 1 amide bonds. The molecule has 26 heavy (non-hydrogen) atoms. The number of hydrogen-bond donors (Lipinski definition) is 2. The maximum Gasteiger partial charge on any atom is 0.230 e. The van der Waals surface area contributed by atoms with Gasteiger partial charge in [0.25, 0.3) is 0 Å². The highest BCUT2D eigenvalue weighted by atomic mass is 32.2. The van der Waals surface area contributed by atoms with Crippen LogP contribution in [0, 0.1) is 5.82 Å². The molecule has 0 saturated heterocycles. The predicted molar refractivity (Wildman–Crippen MR) is 104 cm³/mol. The van der Waals surface area contributed by atoms with Gasteiger partial charge in [-0.15, -0.1) is 11.8 Å². The Labute approximate surface area is 156 Å². The van der Waals surface area contributed by atoms with Crippen LogP contribution in [0.3, 0.4) is 0 Å². The van der Waals surface area contributed by atoms with Gasteiger partial charge in [-0.3, -0.25) is 4.79 Å². The van der Waals surface area contributed by atoms with Gasteiger partial charge in [0.1, 0.15) is 5.82 Å². The molecule has 0 spiro atoms. The van der Waals surface area contributed by atoms with Crippen LogP contribution in [0.1, 0.15) is 18.1 Å². The van der Waals surface area contributed by atoms with E-state index in [0.29, 0.717) is 13.0 Å². The summed E-state index contributed by atoms with van der Waals surface area (Å²) in [4.78, 5) is 12.8. The van der Waals surface area contributed by atoms with Gasteiger partial charge >= 0.3 is 0 Å². The third-order valence-electron chi connectivity index (χ3n) is 4.11. The number of rotatable bonds is 7. The van der Waals surface area contributed by atoms with Crippen LogP contribution in [0.2, 0.25) is 0 Å². The van der Waals surface area contributed by atoms with Crippen LogP contribution in [-0.2, 0) is 4.79 Å². The number of fused-ring (bicyclic) bond motifs is 1. The summed E-state index contributed by atoms with van der Waals surface area (Å²) in [5.41, 5.74) is 0.873. The van der Waals surface area contributed by atoms with E-state index in [0.717, 1.165) is 21.2 Å². The number of halogens is 1. The molecule has 3 aromatic carbocycles. The lowest BCUT2D eigenvalue weighted by Gasteiger charge is -2.14. The molecule has 5 heteroatoms. The zero-order valence-corrected chi connectivity index (χ0v) is 15.0. The second-order valence-corrected chi connectivity index (χ2v) is 7.01. The monoisotopic (exact) mass is 369 g/mol. The van der Waals surface area contributed by atoms with E-state index in [1.807, 2.05) is 42.5 Å². The summed E-state index contributed by atoms with van der Waals surface area (Å²) in [6.45, 7) is 0.396. The molecule has 0 bridgehead atoms. The lowest BCUT2D eigenvalue weighted by Crippen LogP contribution is -2.27. The maximum absolute atomic E-state index is 12.9. The van der Waals surface area contributed by atoms with Crippen molar-refractivity contribution >= 4 is 28.4 Å². The Morgan fingerprint density at radius 1 is 1.04 bits per heavy atom. The van der Waals surface area contributed by atoms with Crippen LogP contribution in [0.4, 0.5) is 4.39 Å². The normalized spacial score (nSPS) is 12.1. The molecule has 3 nitrogen and oxygen atoms in total. The molecule has 0 aromatic heterocycles. The molecule has 0 fully saturated rings. The van der Waals surface area contributed by atoms with Crippen molar-refractivity contribution < 1.29 is 14.3 Å². The van der Waals surface area contributed by atoms with Crippen molar-refractivity contribution in [2.75, 3.05) is 12.3 Å². The molecule has 3 aromatic rings. The molecular formula is C21H20FNO2S. The van der Waals surface area contributed by atoms with Gasteiger partial charge in [-0.2, -0.15) is 0 Å². The van der Waals surface area contributed by atoms with Gasteiger partial charge in [-0.1, -0.05) is 42.5 Å². The molecule has 0 saturated carbocycles. The van der Waals surface area contributed by atoms with Gasteiger partial charge < -0.3 is 10.4 Å². The minimum Gasteiger partial charge on any atom is -0.388 e. The van der Waals surface area contributed by atoms with E-state index in [9.17, 15) is 14.3 Å². The fraction of sp³-hybridized carbons (Fsp3) is 0.190. The molecular weight excluding hydrogens is 349 g/mol. The van der Waals surface area contributed by atoms with Crippen LogP contribution in [0.25, 0.3) is 10.8 Å². The number of hydrogen-bond acceptors (Lipinski definition) is 3. The van der Waals surface area contributed by atoms with E-state index in [4.69, 9.17) is 0 Å². The van der Waals surface area contributed by atoms with Crippen LogP contribution in [-0.4, -0.2) is 23.3 Å². The quantitative estimate of drug-likeness (QED) is 0.610. The van der Waals surface area contributed by atoms with E-state index >= 15 is 0 Å². The number of carbonyl (C=O) groups excluding carboxylic acids is 1. The topological polar surface area (TPSA) is 49.3 Å². The van der Waals surface area contributed by atoms with Crippen molar-refractivity contribution in [2.24, 2.45) is 0 Å². The first-order valence-electron chi connectivity index (χ1n) is 8.44. The van der Waals surface area contributed by atoms with Crippen molar-refractivity contribution in [1.29, 1.82) is 0 Å². The zero-order chi connectivity index (χ0) is 18.4. The Kier molecular flexibility index (Phi) is 6.26. The van der Waals surface area contributed by atoms with Gasteiger partial charge in [0, 0.05) is 11.4 Å². The average Bonchev–Trinajstić information content (AvgIpc) is 2.67. The molecule has 0 heterocycles. The highest BCUT2D eigenvalue weighted by molar-refractivity contribution is 8.00. The smallest absolute Gasteiger partial charge is 0.230 e. The van der Waals surface area contributed by atoms with E-state index in [1.54, 1.807) is 12.1 Å². The van der Waals surface area contributed by atoms with Crippen molar-refractivity contribution in [2.45, 2.75) is 17.4 Å². The third kappa shape index (κ3) is 4.84. The Morgan fingerprint density at radius 3 is 2.58 bits per heavy atom. The number of thioether (sulfide) groups is 1. The summed E-state index contributed by atoms with van der Waals surface area (Å²) < 4.78 is 12.9. The molecule has 3 rings (SSSR count). The summed E-state index contributed by atoms with van der Waals surface area (Å²) in [5, 5.41) is 15.4. The van der Waals surface area contributed by atoms with Gasteiger partial charge in [0.2, 0.25) is 5.91 Å². The van der Waals surface area contributed by atoms with E-state index in [-0.39, 0.29) is 17.5 Å². The highest BCUT2D eigenvalue weighted by Crippen LogP contribution is 2.25. The first-order chi connectivity index (χ1) is 12.6. The molecule has 0 aliphatic rings. The second kappa shape index (κ2) is 8.83. The van der Waals surface area contributed by atoms with Crippen molar-refractivity contribution in [3.8, 4) is 0 Å². The largest absolute Gasteiger partial charge is 0.388 e. The Hall–Kier alpha value is -2.37. The molecule has 1 atom stereocenters. The predicted octanol–water partition coefficient (Wildman–Crippen LogP) is 4.31. The van der Waals surface area contributed by atoms with Gasteiger partial charge in [0.15, 0.2) is 0 Å². The van der Waals surface area contributed by atoms with Crippen molar-refractivity contribution in [3.63, 3.8) is 0 Å². The first-order valence-corrected chi connectivity index (χ1v) is 9.43. The minimum absolute atomic E-state index is 0.107. The van der Waals surface area contributed by atoms with Crippen LogP contribution in [0.15, 0.2) is 71.6 Å². The summed E-state index contributed by atoms with van der Waals surface area (Å²) >= 11 is 1.35. The van der Waals surface area contributed by atoms with E-state index < -0.39 is 6.10 Å². The molecule has 134 valence electrons. The number of aliphatic hydroxyl groups is 1. The standard InChI is InChI=1S/C21H20FNO2S/c22-16-8-10-17(11-9-16)26-14-21(25)23-13-12-20(24)19-7-3-5-15-4-1-2-6-18(15)19/h1-11,20,24H,12-14H2,(H,23,25). The Bertz CT molecular complexity index is 877. The maximum atomic E-state index is 12.9. The first kappa shape index (κ1) is 18.4. The number of carbonyl (C=O) groups is 1. The third-order valence-corrected chi connectivity index (χ3v) is 5.12. The summed E-state index contributed by atoms with van der Waals surface area (Å²) in [6.07, 6.45) is -0.188. The molecule has 0 radical (unpaired) electrons. The lowest BCUT2D eigenvalue weighted by atomic mass is 9.99. The van der Waals surface area contributed by atoms with Gasteiger partial charge in [0.05, 0.1) is 11.9 Å². The molecule has 2 N–H and O–H groups in total.